The molecule has 2 rings (SSSR count). The molecular formula is C14H25N3O7. The van der Waals surface area contributed by atoms with Gasteiger partial charge >= 0.3 is 17.9 Å². The summed E-state index contributed by atoms with van der Waals surface area (Å²) in [6.07, 6.45) is 3.18. The molecule has 2 fully saturated rings. The first-order chi connectivity index (χ1) is 11.2. The van der Waals surface area contributed by atoms with E-state index in [1.165, 1.54) is 11.8 Å². The number of likely N-dealkylation sites (tertiary alicyclic amines) is 1. The molecule has 0 aromatic heterocycles. The predicted molar refractivity (Wildman–Crippen MR) is 83.4 cm³/mol. The fraction of sp³-hybridized carbons (Fsp3) is 0.714. The fourth-order valence-electron chi connectivity index (χ4n) is 2.30. The van der Waals surface area contributed by atoms with Crippen molar-refractivity contribution in [1.82, 2.24) is 10.2 Å². The SMILES string of the molecule is CC(=O)N1CCC[C@H]1C(=O)O.NCC(=O)O.O=C(O)[C@@H]1CCCN1. The Bertz CT molecular complexity index is 430. The number of carboxylic acid groups (broad SMARTS) is 3. The first-order valence-electron chi connectivity index (χ1n) is 7.58. The molecule has 0 spiro atoms. The van der Waals surface area contributed by atoms with Crippen molar-refractivity contribution < 1.29 is 34.5 Å². The van der Waals surface area contributed by atoms with Crippen molar-refractivity contribution in [1.29, 1.82) is 0 Å². The van der Waals surface area contributed by atoms with Gasteiger partial charge in [0, 0.05) is 13.5 Å². The lowest BCUT2D eigenvalue weighted by molar-refractivity contribution is -0.147. The molecule has 2 aliphatic heterocycles. The van der Waals surface area contributed by atoms with Crippen LogP contribution in [0.5, 0.6) is 0 Å². The van der Waals surface area contributed by atoms with E-state index in [1.807, 2.05) is 0 Å². The van der Waals surface area contributed by atoms with Gasteiger partial charge in [0.2, 0.25) is 5.91 Å². The van der Waals surface area contributed by atoms with Gasteiger partial charge in [-0.15, -0.1) is 0 Å². The van der Waals surface area contributed by atoms with E-state index in [2.05, 4.69) is 11.1 Å². The third-order valence-electron chi connectivity index (χ3n) is 3.48. The minimum atomic E-state index is -0.968. The maximum Gasteiger partial charge on any atom is 0.326 e. The number of amides is 1. The van der Waals surface area contributed by atoms with Gasteiger partial charge in [0.1, 0.15) is 12.1 Å². The number of aliphatic carboxylic acids is 3. The molecule has 0 saturated carbocycles. The van der Waals surface area contributed by atoms with Crippen LogP contribution in [0.25, 0.3) is 0 Å². The van der Waals surface area contributed by atoms with Crippen molar-refractivity contribution in [3.05, 3.63) is 0 Å². The van der Waals surface area contributed by atoms with Crippen LogP contribution in [0.4, 0.5) is 0 Å². The molecule has 0 radical (unpaired) electrons. The Morgan fingerprint density at radius 2 is 1.67 bits per heavy atom. The summed E-state index contributed by atoms with van der Waals surface area (Å²) in [4.78, 5) is 42.1. The molecule has 0 aliphatic carbocycles. The standard InChI is InChI=1S/C7H11NO3.C5H9NO2.C2H5NO2/c1-5(9)8-4-2-3-6(8)7(10)11;7-5(8)4-2-1-3-6-4;3-1-2(4)5/h6H,2-4H2,1H3,(H,10,11);4,6H,1-3H2,(H,7,8);1,3H2,(H,4,5)/t6-;4-;/m00./s1. The monoisotopic (exact) mass is 347 g/mol. The van der Waals surface area contributed by atoms with Crippen LogP contribution in [0.15, 0.2) is 0 Å². The zero-order valence-corrected chi connectivity index (χ0v) is 13.6. The van der Waals surface area contributed by atoms with Gasteiger partial charge < -0.3 is 31.3 Å². The summed E-state index contributed by atoms with van der Waals surface area (Å²) < 4.78 is 0. The molecule has 24 heavy (non-hydrogen) atoms. The highest BCUT2D eigenvalue weighted by Crippen LogP contribution is 2.16. The molecule has 138 valence electrons. The smallest absolute Gasteiger partial charge is 0.326 e. The van der Waals surface area contributed by atoms with Crippen LogP contribution in [0.1, 0.15) is 32.6 Å². The maximum absolute atomic E-state index is 10.8. The number of nitrogens with one attached hydrogen (secondary N) is 1. The maximum atomic E-state index is 10.8. The minimum absolute atomic E-state index is 0.144. The molecule has 2 aliphatic rings. The molecule has 0 aromatic carbocycles. The van der Waals surface area contributed by atoms with Crippen LogP contribution in [0.3, 0.4) is 0 Å². The normalized spacial score (nSPS) is 21.8. The van der Waals surface area contributed by atoms with E-state index < -0.39 is 23.9 Å². The summed E-state index contributed by atoms with van der Waals surface area (Å²) in [5.74, 6) is -2.72. The first kappa shape index (κ1) is 21.8. The second-order valence-electron chi connectivity index (χ2n) is 5.29. The van der Waals surface area contributed by atoms with Crippen LogP contribution >= 0.6 is 0 Å². The Balaban J connectivity index is 0.000000358. The Morgan fingerprint density at radius 1 is 1.08 bits per heavy atom. The molecule has 0 aromatic rings. The molecule has 0 bridgehead atoms. The van der Waals surface area contributed by atoms with Gasteiger partial charge in [-0.1, -0.05) is 0 Å². The van der Waals surface area contributed by atoms with Crippen molar-refractivity contribution in [2.75, 3.05) is 19.6 Å². The lowest BCUT2D eigenvalue weighted by Gasteiger charge is -2.18. The highest BCUT2D eigenvalue weighted by Gasteiger charge is 2.31. The van der Waals surface area contributed by atoms with Gasteiger partial charge in [-0.25, -0.2) is 4.79 Å². The summed E-state index contributed by atoms with van der Waals surface area (Å²) in [6.45, 7) is 2.57. The molecule has 10 nitrogen and oxygen atoms in total. The van der Waals surface area contributed by atoms with Crippen molar-refractivity contribution in [2.24, 2.45) is 5.73 Å². The van der Waals surface area contributed by atoms with Crippen LogP contribution in [-0.2, 0) is 19.2 Å². The number of rotatable bonds is 3. The van der Waals surface area contributed by atoms with Gasteiger partial charge in [-0.05, 0) is 32.2 Å². The summed E-state index contributed by atoms with van der Waals surface area (Å²) in [7, 11) is 0. The number of nitrogens with zero attached hydrogens (tertiary/aromatic N) is 1. The van der Waals surface area contributed by atoms with Crippen LogP contribution in [0.2, 0.25) is 0 Å². The first-order valence-corrected chi connectivity index (χ1v) is 7.58. The van der Waals surface area contributed by atoms with Crippen molar-refractivity contribution >= 4 is 23.8 Å². The third-order valence-corrected chi connectivity index (χ3v) is 3.48. The molecule has 2 heterocycles. The third kappa shape index (κ3) is 8.44. The highest BCUT2D eigenvalue weighted by molar-refractivity contribution is 5.82. The highest BCUT2D eigenvalue weighted by atomic mass is 16.4. The lowest BCUT2D eigenvalue weighted by Crippen LogP contribution is -2.38. The molecule has 2 atom stereocenters. The van der Waals surface area contributed by atoms with Crippen LogP contribution in [0, 0.1) is 0 Å². The van der Waals surface area contributed by atoms with E-state index in [0.717, 1.165) is 25.8 Å². The number of carbonyl (C=O) groups excluding carboxylic acids is 1. The molecular weight excluding hydrogens is 322 g/mol. The largest absolute Gasteiger partial charge is 0.480 e. The lowest BCUT2D eigenvalue weighted by atomic mass is 10.2. The number of hydrogen-bond acceptors (Lipinski definition) is 6. The number of carbonyl (C=O) groups is 4. The van der Waals surface area contributed by atoms with E-state index >= 15 is 0 Å². The average Bonchev–Trinajstić information content (AvgIpc) is 3.19. The van der Waals surface area contributed by atoms with Crippen molar-refractivity contribution in [3.63, 3.8) is 0 Å². The zero-order chi connectivity index (χ0) is 18.7. The predicted octanol–water partition coefficient (Wildman–Crippen LogP) is -1.07. The second kappa shape index (κ2) is 11.4. The molecule has 0 unspecified atom stereocenters. The van der Waals surface area contributed by atoms with Gasteiger partial charge in [-0.2, -0.15) is 0 Å². The summed E-state index contributed by atoms with van der Waals surface area (Å²) in [6, 6.07) is -0.845. The van der Waals surface area contributed by atoms with Gasteiger partial charge in [0.15, 0.2) is 0 Å². The van der Waals surface area contributed by atoms with E-state index in [1.54, 1.807) is 0 Å². The Kier molecular flexibility index (Phi) is 10.3. The Hall–Kier alpha value is -2.20. The fourth-order valence-corrected chi connectivity index (χ4v) is 2.30. The molecule has 1 amide bonds. The van der Waals surface area contributed by atoms with E-state index in [9.17, 15) is 19.2 Å². The average molecular weight is 347 g/mol. The van der Waals surface area contributed by atoms with E-state index in [0.29, 0.717) is 13.0 Å². The zero-order valence-electron chi connectivity index (χ0n) is 13.6. The quantitative estimate of drug-likeness (QED) is 0.426. The van der Waals surface area contributed by atoms with Gasteiger partial charge in [-0.3, -0.25) is 14.4 Å². The molecule has 10 heteroatoms. The van der Waals surface area contributed by atoms with Crippen molar-refractivity contribution in [2.45, 2.75) is 44.7 Å². The van der Waals surface area contributed by atoms with Crippen LogP contribution < -0.4 is 11.1 Å². The number of nitrogens with two attached hydrogens (primary N) is 1. The van der Waals surface area contributed by atoms with Gasteiger partial charge in [0.05, 0.1) is 6.54 Å². The minimum Gasteiger partial charge on any atom is -0.480 e. The number of hydrogen-bond donors (Lipinski definition) is 5. The number of carboxylic acids is 3. The summed E-state index contributed by atoms with van der Waals surface area (Å²) >= 11 is 0. The summed E-state index contributed by atoms with van der Waals surface area (Å²) in [5.41, 5.74) is 4.57. The topological polar surface area (TPSA) is 170 Å². The van der Waals surface area contributed by atoms with Crippen molar-refractivity contribution in [3.8, 4) is 0 Å². The summed E-state index contributed by atoms with van der Waals surface area (Å²) in [5, 5.41) is 27.4. The second-order valence-corrected chi connectivity index (χ2v) is 5.29. The van der Waals surface area contributed by atoms with Gasteiger partial charge in [0.25, 0.3) is 0 Å². The molecule has 2 saturated heterocycles. The Morgan fingerprint density at radius 3 is 1.92 bits per heavy atom. The van der Waals surface area contributed by atoms with E-state index in [-0.39, 0.29) is 18.5 Å². The Labute approximate surface area is 139 Å². The van der Waals surface area contributed by atoms with E-state index in [4.69, 9.17) is 15.3 Å². The molecule has 6 N–H and O–H groups in total. The van der Waals surface area contributed by atoms with Crippen LogP contribution in [-0.4, -0.2) is 75.8 Å².